The number of carbonyl (C=O) groups excluding carboxylic acids is 2. The minimum Gasteiger partial charge on any atom is -0.494 e. The topological polar surface area (TPSA) is 96.0 Å². The molecule has 0 saturated heterocycles. The van der Waals surface area contributed by atoms with Crippen molar-refractivity contribution < 1.29 is 22.7 Å². The molecule has 1 atom stereocenters. The predicted molar refractivity (Wildman–Crippen MR) is 164 cm³/mol. The third-order valence-corrected chi connectivity index (χ3v) is 8.02. The van der Waals surface area contributed by atoms with Crippen LogP contribution in [0, 0.1) is 0 Å². The van der Waals surface area contributed by atoms with Gasteiger partial charge in [-0.25, -0.2) is 8.42 Å². The Morgan fingerprint density at radius 1 is 0.951 bits per heavy atom. The fourth-order valence-corrected chi connectivity index (χ4v) is 5.40. The maximum atomic E-state index is 14.1. The molecule has 0 aliphatic carbocycles. The van der Waals surface area contributed by atoms with Crippen molar-refractivity contribution in [2.75, 3.05) is 30.3 Å². The van der Waals surface area contributed by atoms with Crippen molar-refractivity contribution in [2.24, 2.45) is 0 Å². The highest BCUT2D eigenvalue weighted by Crippen LogP contribution is 2.24. The summed E-state index contributed by atoms with van der Waals surface area (Å²) in [4.78, 5) is 29.1. The molecule has 0 bridgehead atoms. The van der Waals surface area contributed by atoms with E-state index in [4.69, 9.17) is 16.3 Å². The van der Waals surface area contributed by atoms with Crippen LogP contribution in [0.3, 0.4) is 0 Å². The normalized spacial score (nSPS) is 11.9. The summed E-state index contributed by atoms with van der Waals surface area (Å²) in [5.41, 5.74) is 1.83. The zero-order valence-corrected chi connectivity index (χ0v) is 25.3. The molecule has 0 aromatic heterocycles. The number of nitrogens with zero attached hydrogens (tertiary/aromatic N) is 2. The molecule has 0 spiro atoms. The summed E-state index contributed by atoms with van der Waals surface area (Å²) in [6.07, 6.45) is 2.99. The van der Waals surface area contributed by atoms with Gasteiger partial charge in [-0.05, 0) is 54.8 Å². The second kappa shape index (κ2) is 15.4. The van der Waals surface area contributed by atoms with Crippen molar-refractivity contribution in [2.45, 2.75) is 45.7 Å². The number of hydrogen-bond donors (Lipinski definition) is 1. The Morgan fingerprint density at radius 3 is 2.22 bits per heavy atom. The molecular formula is C31H38ClN3O5S. The number of carbonyl (C=O) groups is 2. The maximum absolute atomic E-state index is 14.1. The van der Waals surface area contributed by atoms with Crippen LogP contribution in [0.1, 0.15) is 37.8 Å². The van der Waals surface area contributed by atoms with Crippen molar-refractivity contribution in [1.29, 1.82) is 0 Å². The van der Waals surface area contributed by atoms with Crippen LogP contribution < -0.4 is 14.4 Å². The first kappa shape index (κ1) is 32.0. The highest BCUT2D eigenvalue weighted by Gasteiger charge is 2.33. The van der Waals surface area contributed by atoms with Gasteiger partial charge < -0.3 is 15.0 Å². The van der Waals surface area contributed by atoms with E-state index in [9.17, 15) is 18.0 Å². The molecule has 3 aromatic rings. The lowest BCUT2D eigenvalue weighted by Crippen LogP contribution is -2.53. The quantitative estimate of drug-likeness (QED) is 0.246. The molecule has 41 heavy (non-hydrogen) atoms. The summed E-state index contributed by atoms with van der Waals surface area (Å²) in [5, 5.41) is 3.41. The van der Waals surface area contributed by atoms with Crippen LogP contribution in [0.4, 0.5) is 5.69 Å². The Bertz CT molecular complexity index is 1380. The van der Waals surface area contributed by atoms with Crippen molar-refractivity contribution in [3.63, 3.8) is 0 Å². The lowest BCUT2D eigenvalue weighted by Gasteiger charge is -2.33. The van der Waals surface area contributed by atoms with E-state index in [0.717, 1.165) is 29.0 Å². The van der Waals surface area contributed by atoms with Crippen molar-refractivity contribution in [1.82, 2.24) is 10.2 Å². The van der Waals surface area contributed by atoms with Gasteiger partial charge >= 0.3 is 0 Å². The second-order valence-electron chi connectivity index (χ2n) is 9.66. The van der Waals surface area contributed by atoms with Crippen molar-refractivity contribution >= 4 is 39.1 Å². The first-order valence-electron chi connectivity index (χ1n) is 13.7. The van der Waals surface area contributed by atoms with Crippen LogP contribution in [0.5, 0.6) is 5.75 Å². The number of nitrogens with one attached hydrogen (secondary N) is 1. The molecule has 0 heterocycles. The second-order valence-corrected chi connectivity index (χ2v) is 12.0. The van der Waals surface area contributed by atoms with Crippen molar-refractivity contribution in [3.05, 3.63) is 95.0 Å². The lowest BCUT2D eigenvalue weighted by atomic mass is 10.0. The molecule has 0 radical (unpaired) electrons. The van der Waals surface area contributed by atoms with Gasteiger partial charge in [-0.3, -0.25) is 13.9 Å². The summed E-state index contributed by atoms with van der Waals surface area (Å²) in [5.74, 6) is -0.256. The third-order valence-electron chi connectivity index (χ3n) is 6.51. The van der Waals surface area contributed by atoms with E-state index in [0.29, 0.717) is 35.2 Å². The molecule has 2 amide bonds. The van der Waals surface area contributed by atoms with Gasteiger partial charge in [-0.15, -0.1) is 0 Å². The Balaban J connectivity index is 2.02. The van der Waals surface area contributed by atoms with E-state index in [2.05, 4.69) is 5.32 Å². The van der Waals surface area contributed by atoms with Gasteiger partial charge in [0.2, 0.25) is 21.8 Å². The molecular weight excluding hydrogens is 562 g/mol. The first-order valence-corrected chi connectivity index (χ1v) is 15.9. The minimum absolute atomic E-state index is 0.0259. The SMILES string of the molecule is CCCCNC(=O)[C@@H](Cc1ccccc1)N(Cc1ccccc1Cl)C(=O)CN(c1ccc(OCC)cc1)S(C)(=O)=O. The standard InChI is InChI=1S/C31H38ClN3O5S/c1-4-6-20-33-31(37)29(21-24-12-8-7-9-13-24)34(22-25-14-10-11-15-28(25)32)30(36)23-35(41(3,38)39)26-16-18-27(19-17-26)40-5-2/h7-19,29H,4-6,20-23H2,1-3H3,(H,33,37)/t29-/m1/s1. The van der Waals surface area contributed by atoms with Gasteiger partial charge in [-0.2, -0.15) is 0 Å². The van der Waals surface area contributed by atoms with Crippen LogP contribution in [0.25, 0.3) is 0 Å². The molecule has 3 rings (SSSR count). The van der Waals surface area contributed by atoms with E-state index in [-0.39, 0.29) is 18.9 Å². The highest BCUT2D eigenvalue weighted by atomic mass is 35.5. The fraction of sp³-hybridized carbons (Fsp3) is 0.355. The first-order chi connectivity index (χ1) is 19.6. The van der Waals surface area contributed by atoms with Gasteiger partial charge in [0.1, 0.15) is 18.3 Å². The number of sulfonamides is 1. The molecule has 8 nitrogen and oxygen atoms in total. The van der Waals surface area contributed by atoms with Gasteiger partial charge in [0, 0.05) is 24.5 Å². The van der Waals surface area contributed by atoms with Crippen LogP contribution in [-0.2, 0) is 32.6 Å². The summed E-state index contributed by atoms with van der Waals surface area (Å²) in [7, 11) is -3.86. The number of amides is 2. The summed E-state index contributed by atoms with van der Waals surface area (Å²) in [6.45, 7) is 4.35. The molecule has 0 aliphatic heterocycles. The number of halogens is 1. The lowest BCUT2D eigenvalue weighted by molar-refractivity contribution is -0.140. The zero-order chi connectivity index (χ0) is 29.8. The predicted octanol–water partition coefficient (Wildman–Crippen LogP) is 5.06. The molecule has 220 valence electrons. The van der Waals surface area contributed by atoms with Gasteiger partial charge in [-0.1, -0.05) is 73.5 Å². The molecule has 0 unspecified atom stereocenters. The Morgan fingerprint density at radius 2 is 1.61 bits per heavy atom. The van der Waals surface area contributed by atoms with Gasteiger partial charge in [0.25, 0.3) is 0 Å². The van der Waals surface area contributed by atoms with Crippen LogP contribution in [-0.4, -0.2) is 57.1 Å². The number of hydrogen-bond acceptors (Lipinski definition) is 5. The average Bonchev–Trinajstić information content (AvgIpc) is 2.95. The number of rotatable bonds is 15. The Kier molecular flexibility index (Phi) is 12.0. The molecule has 3 aromatic carbocycles. The summed E-state index contributed by atoms with van der Waals surface area (Å²) < 4.78 is 32.3. The van der Waals surface area contributed by atoms with E-state index in [1.54, 1.807) is 48.5 Å². The highest BCUT2D eigenvalue weighted by molar-refractivity contribution is 7.92. The van der Waals surface area contributed by atoms with Crippen molar-refractivity contribution in [3.8, 4) is 5.75 Å². The van der Waals surface area contributed by atoms with Gasteiger partial charge in [0.15, 0.2) is 0 Å². The fourth-order valence-electron chi connectivity index (χ4n) is 4.36. The molecule has 1 N–H and O–H groups in total. The minimum atomic E-state index is -3.86. The Hall–Kier alpha value is -3.56. The smallest absolute Gasteiger partial charge is 0.244 e. The van der Waals surface area contributed by atoms with E-state index >= 15 is 0 Å². The Labute approximate surface area is 248 Å². The van der Waals surface area contributed by atoms with Crippen LogP contribution in [0.2, 0.25) is 5.02 Å². The summed E-state index contributed by atoms with van der Waals surface area (Å²) >= 11 is 6.48. The molecule has 0 aliphatic rings. The van der Waals surface area contributed by atoms with E-state index in [1.807, 2.05) is 44.2 Å². The maximum Gasteiger partial charge on any atom is 0.244 e. The molecule has 0 fully saturated rings. The van der Waals surface area contributed by atoms with E-state index in [1.165, 1.54) is 4.90 Å². The summed E-state index contributed by atoms with van der Waals surface area (Å²) in [6, 6.07) is 22.1. The van der Waals surface area contributed by atoms with Crippen LogP contribution in [0.15, 0.2) is 78.9 Å². The molecule has 0 saturated carbocycles. The van der Waals surface area contributed by atoms with Crippen LogP contribution >= 0.6 is 11.6 Å². The number of unbranched alkanes of at least 4 members (excludes halogenated alkanes) is 1. The van der Waals surface area contributed by atoms with Gasteiger partial charge in [0.05, 0.1) is 18.6 Å². The number of anilines is 1. The zero-order valence-electron chi connectivity index (χ0n) is 23.8. The number of benzene rings is 3. The largest absolute Gasteiger partial charge is 0.494 e. The number of ether oxygens (including phenoxy) is 1. The van der Waals surface area contributed by atoms with E-state index < -0.39 is 28.5 Å². The monoisotopic (exact) mass is 599 g/mol. The average molecular weight is 600 g/mol. The molecule has 10 heteroatoms. The third kappa shape index (κ3) is 9.50.